The molecule has 3 aromatic rings. The van der Waals surface area contributed by atoms with Gasteiger partial charge in [0.15, 0.2) is 5.16 Å². The molecule has 0 atom stereocenters. The van der Waals surface area contributed by atoms with Crippen LogP contribution in [-0.2, 0) is 6.42 Å². The number of rotatable bonds is 5. The Labute approximate surface area is 198 Å². The van der Waals surface area contributed by atoms with E-state index in [1.807, 2.05) is 17.2 Å². The third-order valence-electron chi connectivity index (χ3n) is 6.67. The molecule has 2 fully saturated rings. The topological polar surface area (TPSA) is 49.3 Å². The van der Waals surface area contributed by atoms with Crippen LogP contribution >= 0.6 is 23.1 Å². The standard InChI is InChI=1S/C25H30N4OS2/c1-31-25-26-22(28-12-6-3-7-13-28)20-17-21(32-23(20)27-25)24(30)29-14-10-19(11-15-29)16-18-8-4-2-5-9-18/h2,4-5,8-9,17,19H,3,6-7,10-16H2,1H3. The van der Waals surface area contributed by atoms with Crippen molar-refractivity contribution in [3.05, 3.63) is 46.8 Å². The highest BCUT2D eigenvalue weighted by Crippen LogP contribution is 2.35. The van der Waals surface area contributed by atoms with E-state index in [1.54, 1.807) is 11.8 Å². The van der Waals surface area contributed by atoms with Gasteiger partial charge in [-0.15, -0.1) is 11.3 Å². The molecule has 0 saturated carbocycles. The maximum absolute atomic E-state index is 13.3. The van der Waals surface area contributed by atoms with E-state index in [1.165, 1.54) is 36.2 Å². The molecule has 5 rings (SSSR count). The van der Waals surface area contributed by atoms with Crippen molar-refractivity contribution in [2.75, 3.05) is 37.3 Å². The number of fused-ring (bicyclic) bond motifs is 1. The smallest absolute Gasteiger partial charge is 0.264 e. The number of thiophene rings is 1. The van der Waals surface area contributed by atoms with Gasteiger partial charge in [0.2, 0.25) is 0 Å². The first-order valence-corrected chi connectivity index (χ1v) is 13.7. The fraction of sp³-hybridized carbons (Fsp3) is 0.480. The Bertz CT molecular complexity index is 1070. The van der Waals surface area contributed by atoms with Gasteiger partial charge < -0.3 is 9.80 Å². The summed E-state index contributed by atoms with van der Waals surface area (Å²) in [6.07, 6.45) is 8.95. The van der Waals surface area contributed by atoms with Crippen LogP contribution in [0.2, 0.25) is 0 Å². The predicted octanol–water partition coefficient (Wildman–Crippen LogP) is 5.50. The van der Waals surface area contributed by atoms with Gasteiger partial charge in [-0.3, -0.25) is 4.79 Å². The zero-order chi connectivity index (χ0) is 21.9. The summed E-state index contributed by atoms with van der Waals surface area (Å²) in [5.41, 5.74) is 1.40. The lowest BCUT2D eigenvalue weighted by molar-refractivity contribution is 0.0695. The maximum atomic E-state index is 13.3. The highest BCUT2D eigenvalue weighted by Gasteiger charge is 2.26. The first kappa shape index (κ1) is 21.7. The second-order valence-corrected chi connectivity index (χ2v) is 10.6. The van der Waals surface area contributed by atoms with Crippen molar-refractivity contribution in [2.24, 2.45) is 5.92 Å². The van der Waals surface area contributed by atoms with E-state index in [-0.39, 0.29) is 5.91 Å². The molecule has 1 amide bonds. The van der Waals surface area contributed by atoms with Crippen LogP contribution in [-0.4, -0.2) is 53.2 Å². The Morgan fingerprint density at radius 2 is 1.81 bits per heavy atom. The van der Waals surface area contributed by atoms with Crippen LogP contribution in [0, 0.1) is 5.92 Å². The van der Waals surface area contributed by atoms with E-state index in [9.17, 15) is 4.79 Å². The van der Waals surface area contributed by atoms with E-state index >= 15 is 0 Å². The fourth-order valence-electron chi connectivity index (χ4n) is 4.87. The lowest BCUT2D eigenvalue weighted by Crippen LogP contribution is -2.38. The van der Waals surface area contributed by atoms with Gasteiger partial charge in [-0.25, -0.2) is 9.97 Å². The number of amides is 1. The van der Waals surface area contributed by atoms with Crippen LogP contribution < -0.4 is 4.90 Å². The van der Waals surface area contributed by atoms with Crippen LogP contribution in [0.3, 0.4) is 0 Å². The number of nitrogens with zero attached hydrogens (tertiary/aromatic N) is 4. The number of benzene rings is 1. The second kappa shape index (κ2) is 9.79. The van der Waals surface area contributed by atoms with Gasteiger partial charge in [-0.2, -0.15) is 0 Å². The molecular weight excluding hydrogens is 436 g/mol. The highest BCUT2D eigenvalue weighted by molar-refractivity contribution is 7.98. The summed E-state index contributed by atoms with van der Waals surface area (Å²) in [6, 6.07) is 12.8. The second-order valence-electron chi connectivity index (χ2n) is 8.84. The molecule has 0 aliphatic carbocycles. The van der Waals surface area contributed by atoms with Gasteiger partial charge in [-0.05, 0) is 62.3 Å². The molecule has 2 saturated heterocycles. The van der Waals surface area contributed by atoms with E-state index in [2.05, 4.69) is 35.2 Å². The Kier molecular flexibility index (Phi) is 6.64. The molecular formula is C25H30N4OS2. The van der Waals surface area contributed by atoms with E-state index in [4.69, 9.17) is 9.97 Å². The normalized spacial score (nSPS) is 17.8. The van der Waals surface area contributed by atoms with Gasteiger partial charge in [0, 0.05) is 26.2 Å². The summed E-state index contributed by atoms with van der Waals surface area (Å²) in [4.78, 5) is 29.1. The van der Waals surface area contributed by atoms with E-state index in [0.717, 1.165) is 71.5 Å². The number of carbonyl (C=O) groups is 1. The van der Waals surface area contributed by atoms with Gasteiger partial charge in [0.1, 0.15) is 10.6 Å². The summed E-state index contributed by atoms with van der Waals surface area (Å²) in [5, 5.41) is 1.83. The maximum Gasteiger partial charge on any atom is 0.264 e. The predicted molar refractivity (Wildman–Crippen MR) is 134 cm³/mol. The molecule has 168 valence electrons. The Balaban J connectivity index is 1.32. The SMILES string of the molecule is CSc1nc(N2CCCCC2)c2cc(C(=O)N3CCC(Cc4ccccc4)CC3)sc2n1. The van der Waals surface area contributed by atoms with Crippen LogP contribution in [0.25, 0.3) is 10.2 Å². The molecule has 2 aliphatic heterocycles. The molecule has 1 aromatic carbocycles. The first-order chi connectivity index (χ1) is 15.7. The molecule has 2 aliphatic rings. The molecule has 5 nitrogen and oxygen atoms in total. The van der Waals surface area contributed by atoms with Gasteiger partial charge in [-0.1, -0.05) is 42.1 Å². The monoisotopic (exact) mass is 466 g/mol. The molecule has 32 heavy (non-hydrogen) atoms. The molecule has 0 radical (unpaired) electrons. The Morgan fingerprint density at radius 1 is 1.06 bits per heavy atom. The van der Waals surface area contributed by atoms with E-state index in [0.29, 0.717) is 5.92 Å². The van der Waals surface area contributed by atoms with Gasteiger partial charge >= 0.3 is 0 Å². The largest absolute Gasteiger partial charge is 0.356 e. The van der Waals surface area contributed by atoms with Crippen molar-refractivity contribution in [1.29, 1.82) is 0 Å². The number of piperidine rings is 2. The zero-order valence-corrected chi connectivity index (χ0v) is 20.3. The molecule has 4 heterocycles. The molecule has 2 aromatic heterocycles. The fourth-order valence-corrected chi connectivity index (χ4v) is 6.29. The third kappa shape index (κ3) is 4.64. The minimum absolute atomic E-state index is 0.154. The zero-order valence-electron chi connectivity index (χ0n) is 18.6. The van der Waals surface area contributed by atoms with Gasteiger partial charge in [0.05, 0.1) is 10.3 Å². The van der Waals surface area contributed by atoms with Gasteiger partial charge in [0.25, 0.3) is 5.91 Å². The molecule has 0 unspecified atom stereocenters. The summed E-state index contributed by atoms with van der Waals surface area (Å²) < 4.78 is 0. The quantitative estimate of drug-likeness (QED) is 0.367. The van der Waals surface area contributed by atoms with Crippen LogP contribution in [0.4, 0.5) is 5.82 Å². The van der Waals surface area contributed by atoms with E-state index < -0.39 is 0 Å². The van der Waals surface area contributed by atoms with Crippen molar-refractivity contribution in [3.63, 3.8) is 0 Å². The highest BCUT2D eigenvalue weighted by atomic mass is 32.2. The molecule has 0 spiro atoms. The van der Waals surface area contributed by atoms with Crippen molar-refractivity contribution < 1.29 is 4.79 Å². The van der Waals surface area contributed by atoms with Crippen molar-refractivity contribution in [3.8, 4) is 0 Å². The number of likely N-dealkylation sites (tertiary alicyclic amines) is 1. The Hall–Kier alpha value is -2.12. The lowest BCUT2D eigenvalue weighted by atomic mass is 9.90. The number of hydrogen-bond acceptors (Lipinski definition) is 6. The van der Waals surface area contributed by atoms with Crippen LogP contribution in [0.15, 0.2) is 41.6 Å². The number of hydrogen-bond donors (Lipinski definition) is 0. The average molecular weight is 467 g/mol. The molecule has 0 bridgehead atoms. The lowest BCUT2D eigenvalue weighted by Gasteiger charge is -2.31. The number of thioether (sulfide) groups is 1. The van der Waals surface area contributed by atoms with Crippen molar-refractivity contribution >= 4 is 45.0 Å². The van der Waals surface area contributed by atoms with Crippen LogP contribution in [0.5, 0.6) is 0 Å². The first-order valence-electron chi connectivity index (χ1n) is 11.6. The average Bonchev–Trinajstić information content (AvgIpc) is 3.29. The van der Waals surface area contributed by atoms with Crippen LogP contribution in [0.1, 0.15) is 47.3 Å². The minimum Gasteiger partial charge on any atom is -0.356 e. The molecule has 7 heteroatoms. The summed E-state index contributed by atoms with van der Waals surface area (Å²) in [5.74, 6) is 1.82. The summed E-state index contributed by atoms with van der Waals surface area (Å²) in [7, 11) is 0. The summed E-state index contributed by atoms with van der Waals surface area (Å²) >= 11 is 3.10. The number of aromatic nitrogens is 2. The third-order valence-corrected chi connectivity index (χ3v) is 8.23. The number of anilines is 1. The summed E-state index contributed by atoms with van der Waals surface area (Å²) in [6.45, 7) is 3.75. The Morgan fingerprint density at radius 3 is 2.53 bits per heavy atom. The minimum atomic E-state index is 0.154. The van der Waals surface area contributed by atoms with Crippen molar-refractivity contribution in [2.45, 2.75) is 43.7 Å². The molecule has 0 N–H and O–H groups in total. The van der Waals surface area contributed by atoms with Crippen molar-refractivity contribution in [1.82, 2.24) is 14.9 Å². The number of carbonyl (C=O) groups excluding carboxylic acids is 1.